The number of halogens is 1. The molecule has 1 heterocycles. The van der Waals surface area contributed by atoms with Crippen LogP contribution in [-0.2, 0) is 6.54 Å². The molecule has 20 heavy (non-hydrogen) atoms. The molecule has 4 heteroatoms. The number of nitrogens with one attached hydrogen (secondary N) is 1. The summed E-state index contributed by atoms with van der Waals surface area (Å²) in [4.78, 5) is 5.88. The van der Waals surface area contributed by atoms with Crippen LogP contribution in [0.15, 0.2) is 18.2 Å². The molecular formula is C16H21FN2S. The second-order valence-corrected chi connectivity index (χ2v) is 6.33. The lowest BCUT2D eigenvalue weighted by atomic mass is 10.1. The van der Waals surface area contributed by atoms with Gasteiger partial charge in [-0.15, -0.1) is 11.3 Å². The highest BCUT2D eigenvalue weighted by molar-refractivity contribution is 7.15. The summed E-state index contributed by atoms with van der Waals surface area (Å²) in [5.41, 5.74) is 2.74. The van der Waals surface area contributed by atoms with E-state index in [1.165, 1.54) is 10.9 Å². The van der Waals surface area contributed by atoms with E-state index >= 15 is 0 Å². The minimum Gasteiger partial charge on any atom is -0.312 e. The SMILES string of the molecule is CCNCc1sc(-c2cc(C)ccc2F)nc1C(C)C. The zero-order valence-corrected chi connectivity index (χ0v) is 13.3. The van der Waals surface area contributed by atoms with Gasteiger partial charge in [0.1, 0.15) is 10.8 Å². The summed E-state index contributed by atoms with van der Waals surface area (Å²) < 4.78 is 14.0. The third-order valence-electron chi connectivity index (χ3n) is 3.16. The predicted octanol–water partition coefficient (Wildman–Crippen LogP) is 4.49. The van der Waals surface area contributed by atoms with E-state index in [1.807, 2.05) is 13.0 Å². The van der Waals surface area contributed by atoms with Crippen molar-refractivity contribution in [2.24, 2.45) is 0 Å². The Labute approximate surface area is 124 Å². The largest absolute Gasteiger partial charge is 0.312 e. The van der Waals surface area contributed by atoms with Gasteiger partial charge in [-0.05, 0) is 31.5 Å². The third kappa shape index (κ3) is 3.25. The highest BCUT2D eigenvalue weighted by atomic mass is 32.1. The molecular weight excluding hydrogens is 271 g/mol. The first kappa shape index (κ1) is 15.1. The lowest BCUT2D eigenvalue weighted by Crippen LogP contribution is -2.12. The van der Waals surface area contributed by atoms with Crippen LogP contribution in [0.3, 0.4) is 0 Å². The van der Waals surface area contributed by atoms with Gasteiger partial charge in [-0.25, -0.2) is 9.37 Å². The molecule has 0 bridgehead atoms. The molecule has 0 saturated heterocycles. The number of aryl methyl sites for hydroxylation is 1. The molecule has 0 spiro atoms. The zero-order chi connectivity index (χ0) is 14.7. The lowest BCUT2D eigenvalue weighted by Gasteiger charge is -2.04. The fourth-order valence-corrected chi connectivity index (χ4v) is 3.30. The van der Waals surface area contributed by atoms with Gasteiger partial charge in [-0.3, -0.25) is 0 Å². The number of hydrogen-bond acceptors (Lipinski definition) is 3. The molecule has 2 nitrogen and oxygen atoms in total. The lowest BCUT2D eigenvalue weighted by molar-refractivity contribution is 0.630. The Balaban J connectivity index is 2.44. The van der Waals surface area contributed by atoms with Gasteiger partial charge in [0.2, 0.25) is 0 Å². The Kier molecular flexibility index (Phi) is 4.89. The van der Waals surface area contributed by atoms with E-state index in [4.69, 9.17) is 0 Å². The first-order chi connectivity index (χ1) is 9.52. The summed E-state index contributed by atoms with van der Waals surface area (Å²) in [6, 6.07) is 5.18. The van der Waals surface area contributed by atoms with Crippen LogP contribution >= 0.6 is 11.3 Å². The van der Waals surface area contributed by atoms with Gasteiger partial charge in [0.05, 0.1) is 5.69 Å². The summed E-state index contributed by atoms with van der Waals surface area (Å²) >= 11 is 1.59. The van der Waals surface area contributed by atoms with E-state index in [0.29, 0.717) is 11.5 Å². The van der Waals surface area contributed by atoms with Gasteiger partial charge in [0.25, 0.3) is 0 Å². The maximum Gasteiger partial charge on any atom is 0.133 e. The van der Waals surface area contributed by atoms with Crippen molar-refractivity contribution in [3.05, 3.63) is 40.2 Å². The van der Waals surface area contributed by atoms with Gasteiger partial charge >= 0.3 is 0 Å². The first-order valence-corrected chi connectivity index (χ1v) is 7.81. The third-order valence-corrected chi connectivity index (χ3v) is 4.27. The molecule has 0 aliphatic heterocycles. The van der Waals surface area contributed by atoms with Crippen LogP contribution in [0.1, 0.15) is 42.8 Å². The zero-order valence-electron chi connectivity index (χ0n) is 12.5. The Morgan fingerprint density at radius 1 is 1.35 bits per heavy atom. The molecule has 0 amide bonds. The van der Waals surface area contributed by atoms with Crippen molar-refractivity contribution in [1.82, 2.24) is 10.3 Å². The molecule has 108 valence electrons. The molecule has 0 saturated carbocycles. The second-order valence-electron chi connectivity index (χ2n) is 5.25. The maximum atomic E-state index is 14.0. The number of aromatic nitrogens is 1. The summed E-state index contributed by atoms with van der Waals surface area (Å²) in [5, 5.41) is 4.11. The Bertz CT molecular complexity index is 590. The first-order valence-electron chi connectivity index (χ1n) is 6.99. The fraction of sp³-hybridized carbons (Fsp3) is 0.438. The molecule has 1 aromatic carbocycles. The van der Waals surface area contributed by atoms with E-state index in [9.17, 15) is 4.39 Å². The highest BCUT2D eigenvalue weighted by Gasteiger charge is 2.17. The summed E-state index contributed by atoms with van der Waals surface area (Å²) in [7, 11) is 0. The average molecular weight is 292 g/mol. The summed E-state index contributed by atoms with van der Waals surface area (Å²) in [6.45, 7) is 10.0. The Morgan fingerprint density at radius 3 is 2.75 bits per heavy atom. The molecule has 0 aliphatic rings. The number of benzene rings is 1. The van der Waals surface area contributed by atoms with Gasteiger partial charge < -0.3 is 5.32 Å². The predicted molar refractivity (Wildman–Crippen MR) is 83.7 cm³/mol. The van der Waals surface area contributed by atoms with Crippen molar-refractivity contribution < 1.29 is 4.39 Å². The quantitative estimate of drug-likeness (QED) is 0.878. The smallest absolute Gasteiger partial charge is 0.133 e. The van der Waals surface area contributed by atoms with Gasteiger partial charge in [0, 0.05) is 17.0 Å². The van der Waals surface area contributed by atoms with E-state index in [0.717, 1.165) is 29.4 Å². The standard InChI is InChI=1S/C16H21FN2S/c1-5-18-9-14-15(10(2)3)19-16(20-14)12-8-11(4)6-7-13(12)17/h6-8,10,18H,5,9H2,1-4H3. The molecule has 0 atom stereocenters. The molecule has 0 radical (unpaired) electrons. The van der Waals surface area contributed by atoms with E-state index < -0.39 is 0 Å². The van der Waals surface area contributed by atoms with Crippen molar-refractivity contribution in [1.29, 1.82) is 0 Å². The van der Waals surface area contributed by atoms with Crippen LogP contribution in [0.5, 0.6) is 0 Å². The Hall–Kier alpha value is -1.26. The van der Waals surface area contributed by atoms with Crippen molar-refractivity contribution in [3.8, 4) is 10.6 Å². The van der Waals surface area contributed by atoms with Crippen LogP contribution in [0.2, 0.25) is 0 Å². The molecule has 2 rings (SSSR count). The maximum absolute atomic E-state index is 14.0. The van der Waals surface area contributed by atoms with Crippen LogP contribution in [0.4, 0.5) is 4.39 Å². The Morgan fingerprint density at radius 2 is 2.10 bits per heavy atom. The van der Waals surface area contributed by atoms with Crippen molar-refractivity contribution in [3.63, 3.8) is 0 Å². The number of rotatable bonds is 5. The number of thiazole rings is 1. The van der Waals surface area contributed by atoms with Crippen molar-refractivity contribution in [2.45, 2.75) is 40.2 Å². The van der Waals surface area contributed by atoms with Crippen LogP contribution in [0.25, 0.3) is 10.6 Å². The van der Waals surface area contributed by atoms with Crippen LogP contribution in [-0.4, -0.2) is 11.5 Å². The molecule has 1 aromatic heterocycles. The fourth-order valence-electron chi connectivity index (χ4n) is 2.10. The number of nitrogens with zero attached hydrogens (tertiary/aromatic N) is 1. The van der Waals surface area contributed by atoms with E-state index in [2.05, 4.69) is 31.1 Å². The molecule has 2 aromatic rings. The van der Waals surface area contributed by atoms with Crippen LogP contribution < -0.4 is 5.32 Å². The van der Waals surface area contributed by atoms with Gasteiger partial charge in [-0.1, -0.05) is 32.4 Å². The van der Waals surface area contributed by atoms with Crippen molar-refractivity contribution >= 4 is 11.3 Å². The molecule has 1 N–H and O–H groups in total. The molecule has 0 unspecified atom stereocenters. The monoisotopic (exact) mass is 292 g/mol. The van der Waals surface area contributed by atoms with Gasteiger partial charge in [-0.2, -0.15) is 0 Å². The summed E-state index contributed by atoms with van der Waals surface area (Å²) in [5.74, 6) is 0.149. The minimum absolute atomic E-state index is 0.199. The normalized spacial score (nSPS) is 11.3. The minimum atomic E-state index is -0.199. The second kappa shape index (κ2) is 6.46. The average Bonchev–Trinajstić information content (AvgIpc) is 2.83. The highest BCUT2D eigenvalue weighted by Crippen LogP contribution is 2.33. The molecule has 0 aliphatic carbocycles. The van der Waals surface area contributed by atoms with Crippen LogP contribution in [0, 0.1) is 12.7 Å². The van der Waals surface area contributed by atoms with E-state index in [1.54, 1.807) is 17.4 Å². The van der Waals surface area contributed by atoms with Crippen molar-refractivity contribution in [2.75, 3.05) is 6.54 Å². The summed E-state index contributed by atoms with van der Waals surface area (Å²) in [6.07, 6.45) is 0. The topological polar surface area (TPSA) is 24.9 Å². The number of hydrogen-bond donors (Lipinski definition) is 1. The van der Waals surface area contributed by atoms with E-state index in [-0.39, 0.29) is 5.82 Å². The molecule has 0 fully saturated rings. The van der Waals surface area contributed by atoms with Gasteiger partial charge in [0.15, 0.2) is 0 Å².